The van der Waals surface area contributed by atoms with E-state index in [0.29, 0.717) is 23.0 Å². The average molecular weight is 263 g/mol. The molecule has 1 aliphatic rings. The molecule has 0 unspecified atom stereocenters. The molecule has 100 valence electrons. The van der Waals surface area contributed by atoms with Gasteiger partial charge < -0.3 is 5.73 Å². The summed E-state index contributed by atoms with van der Waals surface area (Å²) in [6.45, 7) is 0. The number of rotatable bonds is 2. The molecule has 2 N–H and O–H groups in total. The second-order valence-corrected chi connectivity index (χ2v) is 5.01. The highest BCUT2D eigenvalue weighted by atomic mass is 19.1. The van der Waals surface area contributed by atoms with Crippen molar-refractivity contribution in [1.82, 2.24) is 9.78 Å². The van der Waals surface area contributed by atoms with Crippen LogP contribution >= 0.6 is 0 Å². The summed E-state index contributed by atoms with van der Waals surface area (Å²) in [7, 11) is 0. The number of hydrogen-bond acceptors (Lipinski definition) is 2. The first kappa shape index (κ1) is 12.1. The van der Waals surface area contributed by atoms with Crippen LogP contribution in [0.5, 0.6) is 0 Å². The maximum atomic E-state index is 13.2. The average Bonchev–Trinajstić information content (AvgIpc) is 2.95. The minimum atomic E-state index is -0.621. The van der Waals surface area contributed by atoms with Crippen molar-refractivity contribution in [2.24, 2.45) is 0 Å². The molecule has 0 aliphatic heterocycles. The Labute approximate surface area is 110 Å². The highest BCUT2D eigenvalue weighted by Crippen LogP contribution is 2.32. The monoisotopic (exact) mass is 263 g/mol. The van der Waals surface area contributed by atoms with Gasteiger partial charge in [-0.15, -0.1) is 0 Å². The highest BCUT2D eigenvalue weighted by Gasteiger charge is 2.20. The summed E-state index contributed by atoms with van der Waals surface area (Å²) in [4.78, 5) is 0. The molecular weight excluding hydrogens is 248 g/mol. The highest BCUT2D eigenvalue weighted by molar-refractivity contribution is 5.72. The van der Waals surface area contributed by atoms with E-state index >= 15 is 0 Å². The second kappa shape index (κ2) is 4.64. The van der Waals surface area contributed by atoms with Gasteiger partial charge in [-0.1, -0.05) is 12.8 Å². The Morgan fingerprint density at radius 3 is 2.37 bits per heavy atom. The first-order valence-corrected chi connectivity index (χ1v) is 6.44. The molecule has 0 radical (unpaired) electrons. The molecule has 19 heavy (non-hydrogen) atoms. The number of nitrogens with zero attached hydrogens (tertiary/aromatic N) is 2. The van der Waals surface area contributed by atoms with Crippen LogP contribution in [0.25, 0.3) is 11.3 Å². The van der Waals surface area contributed by atoms with Crippen LogP contribution in [-0.4, -0.2) is 9.78 Å². The molecule has 0 spiro atoms. The molecule has 0 saturated heterocycles. The van der Waals surface area contributed by atoms with Crippen molar-refractivity contribution in [1.29, 1.82) is 0 Å². The largest absolute Gasteiger partial charge is 0.396 e. The molecule has 0 atom stereocenters. The predicted octanol–water partition coefficient (Wildman–Crippen LogP) is 3.53. The van der Waals surface area contributed by atoms with Gasteiger partial charge in [-0.25, -0.2) is 8.78 Å². The first-order valence-electron chi connectivity index (χ1n) is 6.44. The third kappa shape index (κ3) is 2.32. The topological polar surface area (TPSA) is 43.8 Å². The molecule has 1 aromatic heterocycles. The summed E-state index contributed by atoms with van der Waals surface area (Å²) in [6, 6.07) is 3.70. The molecule has 3 rings (SSSR count). The maximum absolute atomic E-state index is 13.2. The fraction of sp³-hybridized carbons (Fsp3) is 0.357. The molecule has 2 aromatic rings. The lowest BCUT2D eigenvalue weighted by Crippen LogP contribution is -2.05. The van der Waals surface area contributed by atoms with Crippen LogP contribution in [0.1, 0.15) is 31.7 Å². The number of nitrogens with two attached hydrogens (primary N) is 1. The SMILES string of the molecule is Nc1cn(C2CCCC2)nc1-c1cc(F)cc(F)c1. The standard InChI is InChI=1S/C14H15F2N3/c15-10-5-9(6-11(16)7-10)14-13(17)8-19(18-14)12-3-1-2-4-12/h5-8,12H,1-4,17H2. The van der Waals surface area contributed by atoms with E-state index in [4.69, 9.17) is 5.73 Å². The van der Waals surface area contributed by atoms with E-state index in [1.165, 1.54) is 25.0 Å². The summed E-state index contributed by atoms with van der Waals surface area (Å²) >= 11 is 0. The van der Waals surface area contributed by atoms with E-state index in [-0.39, 0.29) is 0 Å². The van der Waals surface area contributed by atoms with E-state index in [0.717, 1.165) is 18.9 Å². The van der Waals surface area contributed by atoms with Crippen LogP contribution in [0.4, 0.5) is 14.5 Å². The molecular formula is C14H15F2N3. The normalized spacial score (nSPS) is 16.1. The molecule has 0 amide bonds. The minimum absolute atomic E-state index is 0.356. The van der Waals surface area contributed by atoms with Gasteiger partial charge in [-0.2, -0.15) is 5.10 Å². The predicted molar refractivity (Wildman–Crippen MR) is 69.5 cm³/mol. The van der Waals surface area contributed by atoms with Crippen LogP contribution in [0, 0.1) is 11.6 Å². The van der Waals surface area contributed by atoms with E-state index < -0.39 is 11.6 Å². The number of benzene rings is 1. The van der Waals surface area contributed by atoms with Crippen molar-refractivity contribution in [2.75, 3.05) is 5.73 Å². The molecule has 1 fully saturated rings. The molecule has 3 nitrogen and oxygen atoms in total. The fourth-order valence-electron chi connectivity index (χ4n) is 2.68. The smallest absolute Gasteiger partial charge is 0.126 e. The van der Waals surface area contributed by atoms with Crippen molar-refractivity contribution >= 4 is 5.69 Å². The third-order valence-corrected chi connectivity index (χ3v) is 3.60. The van der Waals surface area contributed by atoms with Crippen molar-refractivity contribution < 1.29 is 8.78 Å². The third-order valence-electron chi connectivity index (χ3n) is 3.60. The van der Waals surface area contributed by atoms with Gasteiger partial charge in [0.05, 0.1) is 11.7 Å². The number of halogens is 2. The zero-order chi connectivity index (χ0) is 13.4. The number of nitrogen functional groups attached to an aromatic ring is 1. The zero-order valence-electron chi connectivity index (χ0n) is 10.4. The van der Waals surface area contributed by atoms with Gasteiger partial charge in [0, 0.05) is 17.8 Å². The van der Waals surface area contributed by atoms with Gasteiger partial charge in [0.1, 0.15) is 17.3 Å². The van der Waals surface area contributed by atoms with Gasteiger partial charge in [0.25, 0.3) is 0 Å². The van der Waals surface area contributed by atoms with Gasteiger partial charge in [-0.3, -0.25) is 4.68 Å². The number of hydrogen-bond donors (Lipinski definition) is 1. The van der Waals surface area contributed by atoms with E-state index in [1.54, 1.807) is 6.20 Å². The molecule has 1 aliphatic carbocycles. The van der Waals surface area contributed by atoms with E-state index in [1.807, 2.05) is 4.68 Å². The Balaban J connectivity index is 2.00. The van der Waals surface area contributed by atoms with Crippen molar-refractivity contribution in [2.45, 2.75) is 31.7 Å². The lowest BCUT2D eigenvalue weighted by molar-refractivity contribution is 0.468. The summed E-state index contributed by atoms with van der Waals surface area (Å²) < 4.78 is 28.3. The second-order valence-electron chi connectivity index (χ2n) is 5.01. The summed E-state index contributed by atoms with van der Waals surface area (Å²) in [5, 5.41) is 4.40. The van der Waals surface area contributed by atoms with E-state index in [9.17, 15) is 8.78 Å². The fourth-order valence-corrected chi connectivity index (χ4v) is 2.68. The lowest BCUT2D eigenvalue weighted by atomic mass is 10.1. The van der Waals surface area contributed by atoms with Crippen molar-refractivity contribution in [3.63, 3.8) is 0 Å². The van der Waals surface area contributed by atoms with Crippen molar-refractivity contribution in [3.05, 3.63) is 36.0 Å². The van der Waals surface area contributed by atoms with Gasteiger partial charge in [0.15, 0.2) is 0 Å². The Morgan fingerprint density at radius 2 is 1.74 bits per heavy atom. The van der Waals surface area contributed by atoms with Crippen LogP contribution in [0.2, 0.25) is 0 Å². The van der Waals surface area contributed by atoms with E-state index in [2.05, 4.69) is 5.10 Å². The molecule has 5 heteroatoms. The quantitative estimate of drug-likeness (QED) is 0.900. The lowest BCUT2D eigenvalue weighted by Gasteiger charge is -2.08. The van der Waals surface area contributed by atoms with Gasteiger partial charge >= 0.3 is 0 Å². The van der Waals surface area contributed by atoms with Crippen molar-refractivity contribution in [3.8, 4) is 11.3 Å². The van der Waals surface area contributed by atoms with Crippen LogP contribution in [0.3, 0.4) is 0 Å². The number of anilines is 1. The summed E-state index contributed by atoms with van der Waals surface area (Å²) in [5.41, 5.74) is 7.20. The number of aromatic nitrogens is 2. The Morgan fingerprint density at radius 1 is 1.11 bits per heavy atom. The molecule has 1 heterocycles. The van der Waals surface area contributed by atoms with Crippen LogP contribution in [-0.2, 0) is 0 Å². The first-order chi connectivity index (χ1) is 9.13. The van der Waals surface area contributed by atoms with Gasteiger partial charge in [-0.05, 0) is 25.0 Å². The Hall–Kier alpha value is -1.91. The maximum Gasteiger partial charge on any atom is 0.126 e. The summed E-state index contributed by atoms with van der Waals surface area (Å²) in [6.07, 6.45) is 6.30. The Bertz CT molecular complexity index is 580. The van der Waals surface area contributed by atoms with Crippen LogP contribution in [0.15, 0.2) is 24.4 Å². The molecule has 0 bridgehead atoms. The Kier molecular flexibility index (Phi) is 2.97. The molecule has 1 saturated carbocycles. The minimum Gasteiger partial charge on any atom is -0.396 e. The molecule has 1 aromatic carbocycles. The van der Waals surface area contributed by atoms with Gasteiger partial charge in [0.2, 0.25) is 0 Å². The summed E-state index contributed by atoms with van der Waals surface area (Å²) in [5.74, 6) is -1.24. The zero-order valence-corrected chi connectivity index (χ0v) is 10.4. The van der Waals surface area contributed by atoms with Crippen LogP contribution < -0.4 is 5.73 Å².